The summed E-state index contributed by atoms with van der Waals surface area (Å²) in [6.45, 7) is 6.57. The molecular weight excluding hydrogens is 247 g/mol. The van der Waals surface area contributed by atoms with Crippen LogP contribution in [0.2, 0.25) is 0 Å². The van der Waals surface area contributed by atoms with Crippen LogP contribution in [0.3, 0.4) is 0 Å². The minimum Gasteiger partial charge on any atom is -0.299 e. The van der Waals surface area contributed by atoms with Crippen molar-refractivity contribution < 1.29 is 14.4 Å². The Hall–Kier alpha value is -1.46. The molecule has 0 aromatic heterocycles. The normalized spacial score (nSPS) is 14.7. The Bertz CT molecular complexity index is 418. The van der Waals surface area contributed by atoms with Gasteiger partial charge in [0.25, 0.3) is 5.91 Å². The minimum absolute atomic E-state index is 0.121. The molecule has 1 fully saturated rings. The van der Waals surface area contributed by atoms with Crippen molar-refractivity contribution in [3.63, 3.8) is 0 Å². The molecule has 0 bridgehead atoms. The van der Waals surface area contributed by atoms with Crippen molar-refractivity contribution in [1.82, 2.24) is 10.4 Å². The Kier molecular flexibility index (Phi) is 6.45. The van der Waals surface area contributed by atoms with Crippen molar-refractivity contribution in [3.8, 4) is 0 Å². The van der Waals surface area contributed by atoms with Crippen molar-refractivity contribution in [2.75, 3.05) is 13.1 Å². The van der Waals surface area contributed by atoms with E-state index >= 15 is 0 Å². The van der Waals surface area contributed by atoms with E-state index in [0.717, 1.165) is 32.0 Å². The molecule has 2 rings (SSSR count). The summed E-state index contributed by atoms with van der Waals surface area (Å²) in [5.74, 6) is -1.10. The fourth-order valence-corrected chi connectivity index (χ4v) is 2.06. The molecule has 1 saturated heterocycles. The third-order valence-corrected chi connectivity index (χ3v) is 3.01. The molecule has 0 aliphatic carbocycles. The van der Waals surface area contributed by atoms with Gasteiger partial charge in [-0.25, -0.2) is 9.87 Å². The molecule has 1 aliphatic rings. The van der Waals surface area contributed by atoms with Gasteiger partial charge in [0.2, 0.25) is 0 Å². The molecule has 0 atom stereocenters. The van der Waals surface area contributed by atoms with Crippen LogP contribution in [0.4, 0.5) is 4.39 Å². The van der Waals surface area contributed by atoms with Gasteiger partial charge in [0.1, 0.15) is 5.82 Å². The molecule has 4 nitrogen and oxygen atoms in total. The zero-order chi connectivity index (χ0) is 14.3. The number of rotatable bonds is 3. The average Bonchev–Trinajstić information content (AvgIpc) is 2.95. The van der Waals surface area contributed by atoms with Crippen LogP contribution < -0.4 is 5.48 Å². The van der Waals surface area contributed by atoms with Gasteiger partial charge in [0, 0.05) is 17.7 Å². The number of benzene rings is 1. The molecule has 19 heavy (non-hydrogen) atoms. The first-order valence-corrected chi connectivity index (χ1v) is 6.66. The second-order valence-electron chi connectivity index (χ2n) is 4.23. The number of amides is 1. The van der Waals surface area contributed by atoms with E-state index in [0.29, 0.717) is 12.1 Å². The van der Waals surface area contributed by atoms with E-state index in [1.54, 1.807) is 6.07 Å². The first-order chi connectivity index (χ1) is 9.20. The third-order valence-electron chi connectivity index (χ3n) is 3.01. The number of hydroxylamine groups is 1. The van der Waals surface area contributed by atoms with Crippen LogP contribution in [0.1, 0.15) is 42.6 Å². The van der Waals surface area contributed by atoms with Crippen LogP contribution >= 0.6 is 0 Å². The highest BCUT2D eigenvalue weighted by atomic mass is 19.1. The summed E-state index contributed by atoms with van der Waals surface area (Å²) in [5.41, 5.74) is 2.19. The molecule has 2 N–H and O–H groups in total. The van der Waals surface area contributed by atoms with E-state index in [9.17, 15) is 9.18 Å². The first kappa shape index (κ1) is 15.6. The van der Waals surface area contributed by atoms with Crippen molar-refractivity contribution in [3.05, 3.63) is 35.1 Å². The number of nitrogens with zero attached hydrogens (tertiary/aromatic N) is 1. The molecule has 1 amide bonds. The monoisotopic (exact) mass is 268 g/mol. The molecule has 1 aliphatic heterocycles. The Morgan fingerprint density at radius 2 is 2.00 bits per heavy atom. The molecule has 106 valence electrons. The maximum atomic E-state index is 13.7. The molecule has 1 aromatic carbocycles. The summed E-state index contributed by atoms with van der Waals surface area (Å²) in [4.78, 5) is 13.3. The molecule has 1 aromatic rings. The summed E-state index contributed by atoms with van der Waals surface area (Å²) in [5, 5.41) is 8.45. The Balaban J connectivity index is 0.000000861. The van der Waals surface area contributed by atoms with Gasteiger partial charge in [-0.1, -0.05) is 19.9 Å². The van der Waals surface area contributed by atoms with Crippen LogP contribution in [0.15, 0.2) is 18.2 Å². The van der Waals surface area contributed by atoms with E-state index in [2.05, 4.69) is 4.90 Å². The van der Waals surface area contributed by atoms with Crippen molar-refractivity contribution in [1.29, 1.82) is 0 Å². The summed E-state index contributed by atoms with van der Waals surface area (Å²) >= 11 is 0. The van der Waals surface area contributed by atoms with E-state index in [-0.39, 0.29) is 5.56 Å². The van der Waals surface area contributed by atoms with Crippen LogP contribution in [-0.2, 0) is 6.54 Å². The molecule has 0 spiro atoms. The molecular formula is C14H21FN2O2. The predicted octanol–water partition coefficient (Wildman–Crippen LogP) is 2.57. The lowest BCUT2D eigenvalue weighted by molar-refractivity contribution is 0.0706. The molecule has 0 radical (unpaired) electrons. The quantitative estimate of drug-likeness (QED) is 0.654. The molecule has 0 unspecified atom stereocenters. The number of hydrogen-bond donors (Lipinski definition) is 2. The molecule has 5 heteroatoms. The second kappa shape index (κ2) is 7.86. The fraction of sp³-hybridized carbons (Fsp3) is 0.500. The summed E-state index contributed by atoms with van der Waals surface area (Å²) < 4.78 is 13.7. The minimum atomic E-state index is -0.698. The predicted molar refractivity (Wildman–Crippen MR) is 71.5 cm³/mol. The lowest BCUT2D eigenvalue weighted by Gasteiger charge is -2.15. The lowest BCUT2D eigenvalue weighted by atomic mass is 10.1. The van der Waals surface area contributed by atoms with Gasteiger partial charge < -0.3 is 0 Å². The van der Waals surface area contributed by atoms with Crippen LogP contribution in [0, 0.1) is 5.82 Å². The number of likely N-dealkylation sites (tertiary alicyclic amines) is 1. The summed E-state index contributed by atoms with van der Waals surface area (Å²) in [6, 6.07) is 4.26. The molecule has 1 heterocycles. The smallest absolute Gasteiger partial charge is 0.274 e. The standard InChI is InChI=1S/C12H15FN2O2.C2H6/c13-11-7-9(12(16)14-17)3-4-10(11)8-15-5-1-2-6-15;1-2/h3-4,7,17H,1-2,5-6,8H2,(H,14,16);1-2H3. The second-order valence-corrected chi connectivity index (χ2v) is 4.23. The van der Waals surface area contributed by atoms with Crippen LogP contribution in [0.25, 0.3) is 0 Å². The van der Waals surface area contributed by atoms with Gasteiger partial charge in [0.05, 0.1) is 0 Å². The Morgan fingerprint density at radius 3 is 2.53 bits per heavy atom. The lowest BCUT2D eigenvalue weighted by Crippen LogP contribution is -2.21. The third kappa shape index (κ3) is 4.29. The average molecular weight is 268 g/mol. The number of halogens is 1. The SMILES string of the molecule is CC.O=C(NO)c1ccc(CN2CCCC2)c(F)c1. The van der Waals surface area contributed by atoms with Gasteiger partial charge in [-0.15, -0.1) is 0 Å². The van der Waals surface area contributed by atoms with Crippen molar-refractivity contribution >= 4 is 5.91 Å². The number of hydrogen-bond acceptors (Lipinski definition) is 3. The largest absolute Gasteiger partial charge is 0.299 e. The van der Waals surface area contributed by atoms with E-state index in [1.807, 2.05) is 13.8 Å². The van der Waals surface area contributed by atoms with Gasteiger partial charge in [0.15, 0.2) is 0 Å². The molecule has 0 saturated carbocycles. The highest BCUT2D eigenvalue weighted by Crippen LogP contribution is 2.16. The topological polar surface area (TPSA) is 52.6 Å². The maximum absolute atomic E-state index is 13.7. The highest BCUT2D eigenvalue weighted by Gasteiger charge is 2.15. The number of carbonyl (C=O) groups excluding carboxylic acids is 1. The van der Waals surface area contributed by atoms with Crippen LogP contribution in [-0.4, -0.2) is 29.1 Å². The van der Waals surface area contributed by atoms with Crippen molar-refractivity contribution in [2.24, 2.45) is 0 Å². The highest BCUT2D eigenvalue weighted by molar-refractivity contribution is 5.93. The Morgan fingerprint density at radius 1 is 1.37 bits per heavy atom. The van der Waals surface area contributed by atoms with Gasteiger partial charge in [-0.2, -0.15) is 0 Å². The summed E-state index contributed by atoms with van der Waals surface area (Å²) in [6.07, 6.45) is 2.32. The van der Waals surface area contributed by atoms with Crippen molar-refractivity contribution in [2.45, 2.75) is 33.2 Å². The zero-order valence-electron chi connectivity index (χ0n) is 11.4. The van der Waals surface area contributed by atoms with Gasteiger partial charge >= 0.3 is 0 Å². The fourth-order valence-electron chi connectivity index (χ4n) is 2.06. The van der Waals surface area contributed by atoms with E-state index in [1.165, 1.54) is 11.5 Å². The number of carbonyl (C=O) groups is 1. The van der Waals surface area contributed by atoms with E-state index in [4.69, 9.17) is 5.21 Å². The van der Waals surface area contributed by atoms with E-state index < -0.39 is 11.7 Å². The van der Waals surface area contributed by atoms with Gasteiger partial charge in [-0.3, -0.25) is 14.9 Å². The maximum Gasteiger partial charge on any atom is 0.274 e. The summed E-state index contributed by atoms with van der Waals surface area (Å²) in [7, 11) is 0. The first-order valence-electron chi connectivity index (χ1n) is 6.66. The van der Waals surface area contributed by atoms with Crippen LogP contribution in [0.5, 0.6) is 0 Å². The number of nitrogens with one attached hydrogen (secondary N) is 1. The zero-order valence-corrected chi connectivity index (χ0v) is 11.4. The Labute approximate surface area is 113 Å². The van der Waals surface area contributed by atoms with Gasteiger partial charge in [-0.05, 0) is 38.1 Å².